The average molecular weight is 268 g/mol. The molecule has 94 valence electrons. The highest BCUT2D eigenvalue weighted by Crippen LogP contribution is 2.31. The van der Waals surface area contributed by atoms with Gasteiger partial charge in [0.15, 0.2) is 0 Å². The molecule has 0 spiro atoms. The number of esters is 1. The van der Waals surface area contributed by atoms with Gasteiger partial charge in [-0.15, -0.1) is 0 Å². The van der Waals surface area contributed by atoms with Gasteiger partial charge >= 0.3 is 5.97 Å². The smallest absolute Gasteiger partial charge is 0.339 e. The summed E-state index contributed by atoms with van der Waals surface area (Å²) in [4.78, 5) is 15.5. The topological polar surface area (TPSA) is 78.3 Å². The Labute approximate surface area is 106 Å². The first-order valence-electron chi connectivity index (χ1n) is 4.86. The molecule has 0 saturated carbocycles. The molecule has 0 aliphatic carbocycles. The van der Waals surface area contributed by atoms with Gasteiger partial charge in [-0.05, 0) is 23.9 Å². The van der Waals surface area contributed by atoms with Gasteiger partial charge in [-0.2, -0.15) is 0 Å². The zero-order valence-electron chi connectivity index (χ0n) is 9.34. The van der Waals surface area contributed by atoms with E-state index in [1.807, 2.05) is 0 Å². The lowest BCUT2D eigenvalue weighted by Crippen LogP contribution is -2.06. The number of oxazole rings is 1. The number of carbonyl (C=O) groups excluding carboxylic acids is 1. The number of methoxy groups -OCH3 is 1. The molecule has 18 heavy (non-hydrogen) atoms. The number of anilines is 1. The summed E-state index contributed by atoms with van der Waals surface area (Å²) < 4.78 is 23.2. The van der Waals surface area contributed by atoms with Gasteiger partial charge in [-0.25, -0.2) is 14.2 Å². The van der Waals surface area contributed by atoms with Crippen molar-refractivity contribution in [2.45, 2.75) is 10.1 Å². The fourth-order valence-corrected chi connectivity index (χ4v) is 2.03. The number of carbonyl (C=O) groups is 1. The van der Waals surface area contributed by atoms with Crippen LogP contribution in [0.25, 0.3) is 0 Å². The number of ether oxygens (including phenoxy) is 1. The maximum atomic E-state index is 13.7. The predicted octanol–water partition coefficient (Wildman–Crippen LogP) is 2.33. The maximum absolute atomic E-state index is 13.7. The third kappa shape index (κ3) is 2.45. The van der Waals surface area contributed by atoms with Crippen molar-refractivity contribution in [2.24, 2.45) is 0 Å². The van der Waals surface area contributed by atoms with E-state index in [9.17, 15) is 9.18 Å². The van der Waals surface area contributed by atoms with E-state index in [0.717, 1.165) is 17.8 Å². The number of nitrogens with zero attached hydrogens (tertiary/aromatic N) is 1. The van der Waals surface area contributed by atoms with Crippen molar-refractivity contribution < 1.29 is 18.3 Å². The second-order valence-corrected chi connectivity index (χ2v) is 4.25. The summed E-state index contributed by atoms with van der Waals surface area (Å²) in [7, 11) is 1.23. The second kappa shape index (κ2) is 5.09. The van der Waals surface area contributed by atoms with Crippen LogP contribution in [0.1, 0.15) is 10.4 Å². The fourth-order valence-electron chi connectivity index (χ4n) is 1.29. The number of benzene rings is 1. The summed E-state index contributed by atoms with van der Waals surface area (Å²) in [5.41, 5.74) is 5.68. The monoisotopic (exact) mass is 268 g/mol. The highest BCUT2D eigenvalue weighted by Gasteiger charge is 2.16. The first kappa shape index (κ1) is 12.4. The van der Waals surface area contributed by atoms with Crippen LogP contribution in [0.4, 0.5) is 10.1 Å². The zero-order chi connectivity index (χ0) is 13.1. The molecule has 5 nitrogen and oxygen atoms in total. The zero-order valence-corrected chi connectivity index (χ0v) is 10.2. The van der Waals surface area contributed by atoms with E-state index in [1.54, 1.807) is 0 Å². The number of halogens is 1. The molecular formula is C11H9FN2O3S. The highest BCUT2D eigenvalue weighted by atomic mass is 32.2. The van der Waals surface area contributed by atoms with Crippen molar-refractivity contribution in [3.63, 3.8) is 0 Å². The van der Waals surface area contributed by atoms with Crippen LogP contribution in [-0.2, 0) is 4.74 Å². The van der Waals surface area contributed by atoms with Crippen LogP contribution >= 0.6 is 11.8 Å². The molecule has 2 rings (SSSR count). The molecule has 2 N–H and O–H groups in total. The second-order valence-electron chi connectivity index (χ2n) is 3.26. The van der Waals surface area contributed by atoms with Crippen LogP contribution in [0.2, 0.25) is 0 Å². The largest absolute Gasteiger partial charge is 0.465 e. The predicted molar refractivity (Wildman–Crippen MR) is 62.8 cm³/mol. The Bertz CT molecular complexity index is 572. The molecule has 0 amide bonds. The summed E-state index contributed by atoms with van der Waals surface area (Å²) in [6, 6.07) is 2.38. The van der Waals surface area contributed by atoms with Gasteiger partial charge in [-0.1, -0.05) is 0 Å². The number of aromatic nitrogens is 1. The first-order valence-corrected chi connectivity index (χ1v) is 5.68. The van der Waals surface area contributed by atoms with Crippen molar-refractivity contribution in [2.75, 3.05) is 12.8 Å². The number of hydrogen-bond donors (Lipinski definition) is 1. The van der Waals surface area contributed by atoms with E-state index in [1.165, 1.54) is 25.6 Å². The van der Waals surface area contributed by atoms with E-state index in [-0.39, 0.29) is 21.4 Å². The molecule has 0 unspecified atom stereocenters. The van der Waals surface area contributed by atoms with Crippen molar-refractivity contribution in [3.8, 4) is 0 Å². The third-order valence-corrected chi connectivity index (χ3v) is 3.03. The van der Waals surface area contributed by atoms with Gasteiger partial charge < -0.3 is 14.9 Å². The van der Waals surface area contributed by atoms with Crippen molar-refractivity contribution in [3.05, 3.63) is 36.0 Å². The minimum atomic E-state index is -0.623. The molecule has 0 aliphatic rings. The number of nitrogen functional groups attached to an aromatic ring is 1. The van der Waals surface area contributed by atoms with Gasteiger partial charge in [0, 0.05) is 5.69 Å². The van der Waals surface area contributed by atoms with Gasteiger partial charge in [0.1, 0.15) is 12.1 Å². The quantitative estimate of drug-likeness (QED) is 0.680. The van der Waals surface area contributed by atoms with Crippen LogP contribution in [-0.4, -0.2) is 18.1 Å². The lowest BCUT2D eigenvalue weighted by Gasteiger charge is -2.07. The van der Waals surface area contributed by atoms with Gasteiger partial charge in [0.25, 0.3) is 5.22 Å². The highest BCUT2D eigenvalue weighted by molar-refractivity contribution is 7.99. The molecule has 0 fully saturated rings. The maximum Gasteiger partial charge on any atom is 0.339 e. The Morgan fingerprint density at radius 3 is 2.94 bits per heavy atom. The Morgan fingerprint density at radius 1 is 1.56 bits per heavy atom. The Morgan fingerprint density at radius 2 is 2.33 bits per heavy atom. The van der Waals surface area contributed by atoms with Gasteiger partial charge in [0.2, 0.25) is 0 Å². The van der Waals surface area contributed by atoms with E-state index >= 15 is 0 Å². The van der Waals surface area contributed by atoms with E-state index in [0.29, 0.717) is 0 Å². The molecule has 7 heteroatoms. The lowest BCUT2D eigenvalue weighted by molar-refractivity contribution is 0.0601. The third-order valence-electron chi connectivity index (χ3n) is 2.12. The standard InChI is InChI=1S/C11H9FN2O3S/c1-16-10(15)6-4-9(7(12)5-8(6)13)18-11-14-2-3-17-11/h2-5H,13H2,1H3. The SMILES string of the molecule is COC(=O)c1cc(Sc2ncco2)c(F)cc1N. The molecule has 0 radical (unpaired) electrons. The number of nitrogens with two attached hydrogens (primary N) is 1. The normalized spacial score (nSPS) is 10.3. The fraction of sp³-hybridized carbons (Fsp3) is 0.0909. The van der Waals surface area contributed by atoms with E-state index in [2.05, 4.69) is 9.72 Å². The number of rotatable bonds is 3. The Balaban J connectivity index is 2.38. The summed E-state index contributed by atoms with van der Waals surface area (Å²) in [6.07, 6.45) is 2.82. The molecule has 0 bridgehead atoms. The van der Waals surface area contributed by atoms with Crippen molar-refractivity contribution in [1.29, 1.82) is 0 Å². The lowest BCUT2D eigenvalue weighted by atomic mass is 10.2. The summed E-state index contributed by atoms with van der Waals surface area (Å²) in [5.74, 6) is -1.18. The molecule has 1 heterocycles. The van der Waals surface area contributed by atoms with Crippen LogP contribution in [0.5, 0.6) is 0 Å². The Hall–Kier alpha value is -2.02. The molecule has 0 saturated heterocycles. The van der Waals surface area contributed by atoms with E-state index < -0.39 is 11.8 Å². The van der Waals surface area contributed by atoms with Crippen molar-refractivity contribution in [1.82, 2.24) is 4.98 Å². The molecule has 0 aliphatic heterocycles. The molecule has 2 aromatic rings. The Kier molecular flexibility index (Phi) is 3.52. The summed E-state index contributed by atoms with van der Waals surface area (Å²) >= 11 is 0.956. The molecule has 1 aromatic heterocycles. The molecule has 0 atom stereocenters. The van der Waals surface area contributed by atoms with E-state index in [4.69, 9.17) is 10.2 Å². The summed E-state index contributed by atoms with van der Waals surface area (Å²) in [5, 5.41) is 0.273. The number of hydrogen-bond acceptors (Lipinski definition) is 6. The van der Waals surface area contributed by atoms with Gasteiger partial charge in [-0.3, -0.25) is 0 Å². The molecule has 1 aromatic carbocycles. The minimum Gasteiger partial charge on any atom is -0.465 e. The average Bonchev–Trinajstić information content (AvgIpc) is 2.84. The minimum absolute atomic E-state index is 0.0242. The van der Waals surface area contributed by atoms with Crippen molar-refractivity contribution >= 4 is 23.4 Å². The first-order chi connectivity index (χ1) is 8.61. The summed E-state index contributed by atoms with van der Waals surface area (Å²) in [6.45, 7) is 0. The van der Waals surface area contributed by atoms with Crippen LogP contribution in [0, 0.1) is 5.82 Å². The van der Waals surface area contributed by atoms with Gasteiger partial charge in [0.05, 0.1) is 23.8 Å². The van der Waals surface area contributed by atoms with Crippen LogP contribution in [0.15, 0.2) is 39.1 Å². The molecular weight excluding hydrogens is 259 g/mol. The van der Waals surface area contributed by atoms with Crippen LogP contribution in [0.3, 0.4) is 0 Å². The van der Waals surface area contributed by atoms with Crippen LogP contribution < -0.4 is 5.73 Å².